The fourth-order valence-corrected chi connectivity index (χ4v) is 1.68. The first-order valence-electron chi connectivity index (χ1n) is 6.24. The smallest absolute Gasteiger partial charge is 0.0593 e. The summed E-state index contributed by atoms with van der Waals surface area (Å²) in [6.07, 6.45) is 4.17. The van der Waals surface area contributed by atoms with Crippen LogP contribution < -0.4 is 0 Å². The van der Waals surface area contributed by atoms with Crippen LogP contribution in [0.3, 0.4) is 0 Å². The molecule has 0 bridgehead atoms. The molecule has 0 aromatic heterocycles. The van der Waals surface area contributed by atoms with Gasteiger partial charge in [-0.05, 0) is 32.0 Å². The van der Waals surface area contributed by atoms with E-state index in [1.165, 1.54) is 11.1 Å². The lowest BCUT2D eigenvalue weighted by atomic mass is 10.1. The summed E-state index contributed by atoms with van der Waals surface area (Å²) in [4.78, 5) is 2.28. The van der Waals surface area contributed by atoms with Crippen molar-refractivity contribution in [3.05, 3.63) is 41.5 Å². The zero-order valence-electron chi connectivity index (χ0n) is 11.1. The van der Waals surface area contributed by atoms with Crippen molar-refractivity contribution in [1.82, 2.24) is 4.90 Å². The van der Waals surface area contributed by atoms with Crippen molar-refractivity contribution in [2.45, 2.75) is 20.4 Å². The SMILES string of the molecule is C/C=C/c1ccc(CN(C)CCOCC)cc1. The molecule has 1 rings (SSSR count). The van der Waals surface area contributed by atoms with E-state index < -0.39 is 0 Å². The maximum absolute atomic E-state index is 5.34. The maximum atomic E-state index is 5.34. The van der Waals surface area contributed by atoms with Crippen LogP contribution in [0.25, 0.3) is 6.08 Å². The third-order valence-corrected chi connectivity index (χ3v) is 2.61. The highest BCUT2D eigenvalue weighted by Gasteiger charge is 1.99. The van der Waals surface area contributed by atoms with Crippen molar-refractivity contribution in [3.8, 4) is 0 Å². The van der Waals surface area contributed by atoms with Gasteiger partial charge < -0.3 is 4.74 Å². The van der Waals surface area contributed by atoms with Gasteiger partial charge in [-0.3, -0.25) is 4.90 Å². The molecule has 0 N–H and O–H groups in total. The quantitative estimate of drug-likeness (QED) is 0.671. The van der Waals surface area contributed by atoms with Crippen LogP contribution in [-0.2, 0) is 11.3 Å². The molecular formula is C15H23NO. The molecule has 1 aromatic rings. The molecule has 0 amide bonds. The van der Waals surface area contributed by atoms with Crippen LogP contribution in [0.15, 0.2) is 30.3 Å². The predicted octanol–water partition coefficient (Wildman–Crippen LogP) is 3.19. The largest absolute Gasteiger partial charge is 0.380 e. The Morgan fingerprint density at radius 1 is 1.24 bits per heavy atom. The fraction of sp³-hybridized carbons (Fsp3) is 0.467. The Morgan fingerprint density at radius 3 is 2.53 bits per heavy atom. The van der Waals surface area contributed by atoms with Crippen molar-refractivity contribution in [2.24, 2.45) is 0 Å². The van der Waals surface area contributed by atoms with Crippen LogP contribution in [0.5, 0.6) is 0 Å². The second kappa shape index (κ2) is 8.04. The molecule has 0 unspecified atom stereocenters. The first kappa shape index (κ1) is 13.9. The second-order valence-electron chi connectivity index (χ2n) is 4.18. The number of ether oxygens (including phenoxy) is 1. The van der Waals surface area contributed by atoms with E-state index in [1.54, 1.807) is 0 Å². The number of rotatable bonds is 7. The van der Waals surface area contributed by atoms with Crippen molar-refractivity contribution in [1.29, 1.82) is 0 Å². The molecule has 0 atom stereocenters. The number of nitrogens with zero attached hydrogens (tertiary/aromatic N) is 1. The summed E-state index contributed by atoms with van der Waals surface area (Å²) in [6.45, 7) is 7.62. The van der Waals surface area contributed by atoms with E-state index in [4.69, 9.17) is 4.74 Å². The highest BCUT2D eigenvalue weighted by Crippen LogP contribution is 2.08. The molecule has 0 heterocycles. The molecule has 1 aromatic carbocycles. The van der Waals surface area contributed by atoms with Crippen LogP contribution >= 0.6 is 0 Å². The Bertz CT molecular complexity index is 329. The number of allylic oxidation sites excluding steroid dienone is 1. The molecule has 0 aliphatic rings. The number of likely N-dealkylation sites (N-methyl/N-ethyl adjacent to an activating group) is 1. The van der Waals surface area contributed by atoms with Gasteiger partial charge in [0.1, 0.15) is 0 Å². The van der Waals surface area contributed by atoms with Gasteiger partial charge in [0.2, 0.25) is 0 Å². The minimum absolute atomic E-state index is 0.798. The van der Waals surface area contributed by atoms with E-state index >= 15 is 0 Å². The Kier molecular flexibility index (Phi) is 6.60. The number of hydrogen-bond donors (Lipinski definition) is 0. The lowest BCUT2D eigenvalue weighted by Gasteiger charge is -2.16. The predicted molar refractivity (Wildman–Crippen MR) is 74.0 cm³/mol. The van der Waals surface area contributed by atoms with Crippen molar-refractivity contribution in [3.63, 3.8) is 0 Å². The van der Waals surface area contributed by atoms with Crippen LogP contribution in [0, 0.1) is 0 Å². The number of benzene rings is 1. The molecule has 2 nitrogen and oxygen atoms in total. The van der Waals surface area contributed by atoms with Gasteiger partial charge in [-0.1, -0.05) is 36.4 Å². The van der Waals surface area contributed by atoms with Gasteiger partial charge in [-0.2, -0.15) is 0 Å². The first-order chi connectivity index (χ1) is 8.26. The molecule has 0 radical (unpaired) electrons. The van der Waals surface area contributed by atoms with E-state index in [-0.39, 0.29) is 0 Å². The summed E-state index contributed by atoms with van der Waals surface area (Å²) >= 11 is 0. The van der Waals surface area contributed by atoms with Gasteiger partial charge in [0.25, 0.3) is 0 Å². The van der Waals surface area contributed by atoms with Crippen LogP contribution in [0.1, 0.15) is 25.0 Å². The van der Waals surface area contributed by atoms with Gasteiger partial charge in [-0.25, -0.2) is 0 Å². The van der Waals surface area contributed by atoms with Gasteiger partial charge in [0.05, 0.1) is 6.61 Å². The van der Waals surface area contributed by atoms with Crippen molar-refractivity contribution >= 4 is 6.08 Å². The summed E-state index contributed by atoms with van der Waals surface area (Å²) in [5, 5.41) is 0. The second-order valence-corrected chi connectivity index (χ2v) is 4.18. The topological polar surface area (TPSA) is 12.5 Å². The van der Waals surface area contributed by atoms with Gasteiger partial charge >= 0.3 is 0 Å². The molecule has 94 valence electrons. The Labute approximate surface area is 105 Å². The molecular weight excluding hydrogens is 210 g/mol. The molecule has 0 aliphatic carbocycles. The minimum atomic E-state index is 0.798. The molecule has 17 heavy (non-hydrogen) atoms. The van der Waals surface area contributed by atoms with Gasteiger partial charge in [0.15, 0.2) is 0 Å². The standard InChI is InChI=1S/C15H23NO/c1-4-6-14-7-9-15(10-8-14)13-16(3)11-12-17-5-2/h4,6-10H,5,11-13H2,1-3H3/b6-4+. The molecule has 0 spiro atoms. The fourth-order valence-electron chi connectivity index (χ4n) is 1.68. The van der Waals surface area contributed by atoms with Crippen molar-refractivity contribution in [2.75, 3.05) is 26.8 Å². The summed E-state index contributed by atoms with van der Waals surface area (Å²) < 4.78 is 5.34. The normalized spacial score (nSPS) is 11.5. The summed E-state index contributed by atoms with van der Waals surface area (Å²) in [5.41, 5.74) is 2.60. The van der Waals surface area contributed by atoms with Crippen molar-refractivity contribution < 1.29 is 4.74 Å². The van der Waals surface area contributed by atoms with Crippen LogP contribution in [-0.4, -0.2) is 31.7 Å². The van der Waals surface area contributed by atoms with E-state index in [1.807, 2.05) is 13.8 Å². The lowest BCUT2D eigenvalue weighted by molar-refractivity contribution is 0.120. The molecule has 0 saturated carbocycles. The first-order valence-corrected chi connectivity index (χ1v) is 6.24. The lowest BCUT2D eigenvalue weighted by Crippen LogP contribution is -2.22. The summed E-state index contributed by atoms with van der Waals surface area (Å²) in [7, 11) is 2.12. The highest BCUT2D eigenvalue weighted by atomic mass is 16.5. The van der Waals surface area contributed by atoms with Gasteiger partial charge in [-0.15, -0.1) is 0 Å². The molecule has 0 saturated heterocycles. The molecule has 0 aliphatic heterocycles. The third-order valence-electron chi connectivity index (χ3n) is 2.61. The third kappa shape index (κ3) is 5.66. The van der Waals surface area contributed by atoms with Crippen LogP contribution in [0.2, 0.25) is 0 Å². The van der Waals surface area contributed by atoms with Gasteiger partial charge in [0, 0.05) is 19.7 Å². The van der Waals surface area contributed by atoms with E-state index in [2.05, 4.69) is 48.4 Å². The zero-order valence-corrected chi connectivity index (χ0v) is 11.1. The van der Waals surface area contributed by atoms with E-state index in [0.29, 0.717) is 0 Å². The van der Waals surface area contributed by atoms with Crippen LogP contribution in [0.4, 0.5) is 0 Å². The summed E-state index contributed by atoms with van der Waals surface area (Å²) in [5.74, 6) is 0. The molecule has 0 fully saturated rings. The van der Waals surface area contributed by atoms with E-state index in [9.17, 15) is 0 Å². The van der Waals surface area contributed by atoms with E-state index in [0.717, 1.165) is 26.3 Å². The average Bonchev–Trinajstić information content (AvgIpc) is 2.32. The highest BCUT2D eigenvalue weighted by molar-refractivity contribution is 5.49. The monoisotopic (exact) mass is 233 g/mol. The Morgan fingerprint density at radius 2 is 1.94 bits per heavy atom. The Balaban J connectivity index is 2.40. The maximum Gasteiger partial charge on any atom is 0.0593 e. The zero-order chi connectivity index (χ0) is 12.5. The average molecular weight is 233 g/mol. The molecule has 2 heteroatoms. The Hall–Kier alpha value is -1.12. The summed E-state index contributed by atoms with van der Waals surface area (Å²) in [6, 6.07) is 8.69. The number of hydrogen-bond acceptors (Lipinski definition) is 2. The minimum Gasteiger partial charge on any atom is -0.380 e.